The first-order valence-corrected chi connectivity index (χ1v) is 7.04. The Kier molecular flexibility index (Phi) is 4.03. The van der Waals surface area contributed by atoms with Crippen molar-refractivity contribution in [1.29, 1.82) is 0 Å². The van der Waals surface area contributed by atoms with Crippen molar-refractivity contribution in [3.63, 3.8) is 0 Å². The number of rotatable bonds is 4. The van der Waals surface area contributed by atoms with Gasteiger partial charge >= 0.3 is 0 Å². The molecule has 0 aliphatic heterocycles. The molecule has 1 aromatic carbocycles. The molecule has 2 N–H and O–H groups in total. The predicted octanol–water partition coefficient (Wildman–Crippen LogP) is 2.62. The fourth-order valence-electron chi connectivity index (χ4n) is 1.29. The van der Waals surface area contributed by atoms with Crippen LogP contribution in [0.15, 0.2) is 22.5 Å². The Morgan fingerprint density at radius 2 is 2.17 bits per heavy atom. The molecule has 2 rings (SSSR count). The topological polar surface area (TPSA) is 55.0 Å². The van der Waals surface area contributed by atoms with Gasteiger partial charge in [0.1, 0.15) is 5.82 Å². The fourth-order valence-corrected chi connectivity index (χ4v) is 3.03. The Balaban J connectivity index is 2.04. The van der Waals surface area contributed by atoms with E-state index in [1.165, 1.54) is 23.1 Å². The summed E-state index contributed by atoms with van der Waals surface area (Å²) in [5.41, 5.74) is 6.28. The second kappa shape index (κ2) is 5.53. The summed E-state index contributed by atoms with van der Waals surface area (Å²) in [6.07, 6.45) is 0. The maximum atomic E-state index is 13.7. The largest absolute Gasteiger partial charge is 0.396 e. The monoisotopic (exact) mass is 284 g/mol. The third-order valence-corrected chi connectivity index (χ3v) is 4.51. The molecule has 0 fully saturated rings. The molecule has 0 radical (unpaired) electrons. The van der Waals surface area contributed by atoms with E-state index < -0.39 is 0 Å². The van der Waals surface area contributed by atoms with E-state index in [0.29, 0.717) is 11.3 Å². The van der Waals surface area contributed by atoms with Crippen LogP contribution in [0.1, 0.15) is 5.56 Å². The number of aromatic nitrogens is 2. The van der Waals surface area contributed by atoms with Gasteiger partial charge in [0.25, 0.3) is 0 Å². The SMILES string of the molecule is CN(C)c1nnc(SCc2cccc(N)c2F)s1. The van der Waals surface area contributed by atoms with Crippen LogP contribution in [0.2, 0.25) is 0 Å². The highest BCUT2D eigenvalue weighted by atomic mass is 32.2. The summed E-state index contributed by atoms with van der Waals surface area (Å²) in [4.78, 5) is 1.89. The number of anilines is 2. The summed E-state index contributed by atoms with van der Waals surface area (Å²) >= 11 is 2.94. The number of thioether (sulfide) groups is 1. The van der Waals surface area contributed by atoms with Crippen LogP contribution < -0.4 is 10.6 Å². The van der Waals surface area contributed by atoms with Gasteiger partial charge < -0.3 is 10.6 Å². The van der Waals surface area contributed by atoms with E-state index in [-0.39, 0.29) is 11.5 Å². The Morgan fingerprint density at radius 1 is 1.39 bits per heavy atom. The minimum atomic E-state index is -0.345. The van der Waals surface area contributed by atoms with E-state index in [1.54, 1.807) is 18.2 Å². The van der Waals surface area contributed by atoms with Crippen LogP contribution in [-0.4, -0.2) is 24.3 Å². The van der Waals surface area contributed by atoms with Gasteiger partial charge in [-0.25, -0.2) is 4.39 Å². The zero-order valence-electron chi connectivity index (χ0n) is 10.1. The molecule has 0 aliphatic rings. The van der Waals surface area contributed by atoms with Gasteiger partial charge in [0.05, 0.1) is 5.69 Å². The average Bonchev–Trinajstić information content (AvgIpc) is 2.80. The van der Waals surface area contributed by atoms with Crippen LogP contribution in [0.5, 0.6) is 0 Å². The second-order valence-corrected chi connectivity index (χ2v) is 6.03. The van der Waals surface area contributed by atoms with Gasteiger partial charge in [0.2, 0.25) is 5.13 Å². The smallest absolute Gasteiger partial charge is 0.208 e. The molecule has 0 atom stereocenters. The van der Waals surface area contributed by atoms with Crippen LogP contribution in [0.25, 0.3) is 0 Å². The van der Waals surface area contributed by atoms with Gasteiger partial charge in [-0.05, 0) is 6.07 Å². The molecular formula is C11H13FN4S2. The van der Waals surface area contributed by atoms with Crippen molar-refractivity contribution in [3.8, 4) is 0 Å². The number of hydrogen-bond acceptors (Lipinski definition) is 6. The lowest BCUT2D eigenvalue weighted by Gasteiger charge is -2.04. The molecular weight excluding hydrogens is 271 g/mol. The number of benzene rings is 1. The first kappa shape index (κ1) is 13.1. The van der Waals surface area contributed by atoms with Crippen LogP contribution >= 0.6 is 23.1 Å². The molecule has 4 nitrogen and oxygen atoms in total. The van der Waals surface area contributed by atoms with Gasteiger partial charge in [-0.1, -0.05) is 35.2 Å². The number of nitrogen functional groups attached to an aromatic ring is 1. The number of nitrogens with zero attached hydrogens (tertiary/aromatic N) is 3. The number of halogens is 1. The molecule has 1 aromatic heterocycles. The van der Waals surface area contributed by atoms with Gasteiger partial charge in [0.15, 0.2) is 4.34 Å². The molecule has 0 spiro atoms. The van der Waals surface area contributed by atoms with Crippen molar-refractivity contribution < 1.29 is 4.39 Å². The third kappa shape index (κ3) is 2.91. The molecule has 0 bridgehead atoms. The van der Waals surface area contributed by atoms with Crippen molar-refractivity contribution in [2.75, 3.05) is 24.7 Å². The molecule has 0 saturated heterocycles. The van der Waals surface area contributed by atoms with E-state index in [4.69, 9.17) is 5.73 Å². The summed E-state index contributed by atoms with van der Waals surface area (Å²) in [5.74, 6) is 0.154. The van der Waals surface area contributed by atoms with Gasteiger partial charge in [-0.3, -0.25) is 0 Å². The van der Waals surface area contributed by atoms with E-state index in [9.17, 15) is 4.39 Å². The molecule has 0 amide bonds. The Morgan fingerprint density at radius 3 is 2.83 bits per heavy atom. The van der Waals surface area contributed by atoms with Gasteiger partial charge in [-0.2, -0.15) is 0 Å². The molecule has 0 aliphatic carbocycles. The Hall–Kier alpha value is -1.34. The maximum absolute atomic E-state index is 13.7. The standard InChI is InChI=1S/C11H13FN4S2/c1-16(2)10-14-15-11(18-10)17-6-7-4-3-5-8(13)9(7)12/h3-5H,6,13H2,1-2H3. The first-order valence-electron chi connectivity index (χ1n) is 5.24. The van der Waals surface area contributed by atoms with Crippen LogP contribution in [0.3, 0.4) is 0 Å². The van der Waals surface area contributed by atoms with Crippen molar-refractivity contribution in [3.05, 3.63) is 29.6 Å². The summed E-state index contributed by atoms with van der Waals surface area (Å²) in [7, 11) is 3.82. The molecule has 1 heterocycles. The van der Waals surface area contributed by atoms with E-state index >= 15 is 0 Å². The first-order chi connectivity index (χ1) is 8.58. The van der Waals surface area contributed by atoms with Crippen LogP contribution in [0.4, 0.5) is 15.2 Å². The molecule has 96 valence electrons. The van der Waals surface area contributed by atoms with Gasteiger partial charge in [-0.15, -0.1) is 10.2 Å². The van der Waals surface area contributed by atoms with Crippen LogP contribution in [0, 0.1) is 5.82 Å². The Bertz CT molecular complexity index is 542. The summed E-state index contributed by atoms with van der Waals surface area (Å²) in [6, 6.07) is 5.03. The zero-order chi connectivity index (χ0) is 13.1. The van der Waals surface area contributed by atoms with Gasteiger partial charge in [0, 0.05) is 25.4 Å². The van der Waals surface area contributed by atoms with Crippen molar-refractivity contribution in [2.24, 2.45) is 0 Å². The van der Waals surface area contributed by atoms with Crippen molar-refractivity contribution in [2.45, 2.75) is 10.1 Å². The molecule has 2 aromatic rings. The number of nitrogens with two attached hydrogens (primary N) is 1. The predicted molar refractivity (Wildman–Crippen MR) is 74.6 cm³/mol. The third-order valence-electron chi connectivity index (χ3n) is 2.24. The maximum Gasteiger partial charge on any atom is 0.208 e. The summed E-state index contributed by atoms with van der Waals surface area (Å²) in [6.45, 7) is 0. The van der Waals surface area contributed by atoms with E-state index in [2.05, 4.69) is 10.2 Å². The second-order valence-electron chi connectivity index (χ2n) is 3.85. The highest BCUT2D eigenvalue weighted by molar-refractivity contribution is 8.00. The zero-order valence-corrected chi connectivity index (χ0v) is 11.7. The summed E-state index contributed by atoms with van der Waals surface area (Å²) < 4.78 is 14.5. The lowest BCUT2D eigenvalue weighted by atomic mass is 10.2. The lowest BCUT2D eigenvalue weighted by Crippen LogP contribution is -2.07. The minimum Gasteiger partial charge on any atom is -0.396 e. The quantitative estimate of drug-likeness (QED) is 0.691. The molecule has 7 heteroatoms. The molecule has 0 saturated carbocycles. The number of hydrogen-bond donors (Lipinski definition) is 1. The normalized spacial score (nSPS) is 10.6. The highest BCUT2D eigenvalue weighted by Crippen LogP contribution is 2.30. The highest BCUT2D eigenvalue weighted by Gasteiger charge is 2.09. The molecule has 18 heavy (non-hydrogen) atoms. The van der Waals surface area contributed by atoms with E-state index in [0.717, 1.165) is 9.47 Å². The fraction of sp³-hybridized carbons (Fsp3) is 0.273. The Labute approximate surface area is 113 Å². The average molecular weight is 284 g/mol. The van der Waals surface area contributed by atoms with Crippen molar-refractivity contribution in [1.82, 2.24) is 10.2 Å². The minimum absolute atomic E-state index is 0.180. The van der Waals surface area contributed by atoms with Crippen molar-refractivity contribution >= 4 is 33.9 Å². The lowest BCUT2D eigenvalue weighted by molar-refractivity contribution is 0.622. The summed E-state index contributed by atoms with van der Waals surface area (Å²) in [5, 5.41) is 8.90. The van der Waals surface area contributed by atoms with Crippen LogP contribution in [-0.2, 0) is 5.75 Å². The molecule has 0 unspecified atom stereocenters. The van der Waals surface area contributed by atoms with E-state index in [1.807, 2.05) is 19.0 Å².